The molecule has 2 aromatic rings. The SMILES string of the molecule is COc1ccccc1/C=C/C(=O)NCC(=O)N/N=C(\C)c1cccc(Br)c1. The Balaban J connectivity index is 1.83. The number of benzene rings is 2. The maximum atomic E-state index is 11.9. The molecule has 0 aliphatic rings. The number of halogens is 1. The lowest BCUT2D eigenvalue weighted by Gasteiger charge is -2.05. The molecule has 0 aliphatic heterocycles. The first-order valence-electron chi connectivity index (χ1n) is 8.17. The van der Waals surface area contributed by atoms with E-state index in [0.29, 0.717) is 11.5 Å². The molecule has 7 heteroatoms. The number of ether oxygens (including phenoxy) is 1. The van der Waals surface area contributed by atoms with Crippen molar-refractivity contribution in [3.63, 3.8) is 0 Å². The van der Waals surface area contributed by atoms with Crippen molar-refractivity contribution in [2.75, 3.05) is 13.7 Å². The van der Waals surface area contributed by atoms with E-state index in [-0.39, 0.29) is 12.5 Å². The van der Waals surface area contributed by atoms with Crippen LogP contribution in [0.3, 0.4) is 0 Å². The normalized spacial score (nSPS) is 11.3. The lowest BCUT2D eigenvalue weighted by atomic mass is 10.1. The van der Waals surface area contributed by atoms with E-state index in [2.05, 4.69) is 31.8 Å². The van der Waals surface area contributed by atoms with E-state index in [0.717, 1.165) is 15.6 Å². The number of hydrogen-bond donors (Lipinski definition) is 2. The molecule has 140 valence electrons. The van der Waals surface area contributed by atoms with Gasteiger partial charge in [-0.3, -0.25) is 9.59 Å². The van der Waals surface area contributed by atoms with E-state index in [1.807, 2.05) is 42.5 Å². The minimum absolute atomic E-state index is 0.176. The molecule has 0 fully saturated rings. The predicted molar refractivity (Wildman–Crippen MR) is 110 cm³/mol. The largest absolute Gasteiger partial charge is 0.496 e. The zero-order valence-electron chi connectivity index (χ0n) is 15.0. The smallest absolute Gasteiger partial charge is 0.259 e. The fourth-order valence-corrected chi connectivity index (χ4v) is 2.56. The molecule has 2 rings (SSSR count). The second kappa shape index (κ2) is 10.3. The number of amides is 2. The highest BCUT2D eigenvalue weighted by Gasteiger charge is 2.04. The second-order valence-corrected chi connectivity index (χ2v) is 6.45. The van der Waals surface area contributed by atoms with Gasteiger partial charge >= 0.3 is 0 Å². The summed E-state index contributed by atoms with van der Waals surface area (Å²) in [5.41, 5.74) is 4.74. The molecule has 0 bridgehead atoms. The lowest BCUT2D eigenvalue weighted by molar-refractivity contribution is -0.123. The van der Waals surface area contributed by atoms with Gasteiger partial charge < -0.3 is 10.1 Å². The summed E-state index contributed by atoms with van der Waals surface area (Å²) in [6, 6.07) is 14.9. The molecule has 2 amide bonds. The Hall–Kier alpha value is -2.93. The standard InChI is InChI=1S/C20H20BrN3O3/c1-14(16-7-5-8-17(21)12-16)23-24-20(26)13-22-19(25)11-10-15-6-3-4-9-18(15)27-2/h3-12H,13H2,1-2H3,(H,22,25)(H,24,26)/b11-10+,23-14+. The number of nitrogens with zero attached hydrogens (tertiary/aromatic N) is 1. The van der Waals surface area contributed by atoms with E-state index >= 15 is 0 Å². The van der Waals surface area contributed by atoms with Crippen LogP contribution in [0.4, 0.5) is 0 Å². The molecule has 0 unspecified atom stereocenters. The highest BCUT2D eigenvalue weighted by molar-refractivity contribution is 9.10. The van der Waals surface area contributed by atoms with Crippen molar-refractivity contribution in [3.05, 3.63) is 70.2 Å². The topological polar surface area (TPSA) is 79.8 Å². The second-order valence-electron chi connectivity index (χ2n) is 5.54. The molecule has 0 aliphatic carbocycles. The Bertz CT molecular complexity index is 878. The van der Waals surface area contributed by atoms with Crippen LogP contribution in [0.15, 0.2) is 64.2 Å². The van der Waals surface area contributed by atoms with Crippen LogP contribution in [0, 0.1) is 0 Å². The molecule has 2 aromatic carbocycles. The first kappa shape index (κ1) is 20.4. The maximum absolute atomic E-state index is 11.9. The summed E-state index contributed by atoms with van der Waals surface area (Å²) in [6.45, 7) is 1.61. The third-order valence-electron chi connectivity index (χ3n) is 3.57. The monoisotopic (exact) mass is 429 g/mol. The quantitative estimate of drug-likeness (QED) is 0.403. The van der Waals surface area contributed by atoms with E-state index < -0.39 is 5.91 Å². The van der Waals surface area contributed by atoms with E-state index in [1.165, 1.54) is 6.08 Å². The van der Waals surface area contributed by atoms with Gasteiger partial charge in [0, 0.05) is 16.1 Å². The zero-order chi connectivity index (χ0) is 19.6. The van der Waals surface area contributed by atoms with E-state index in [1.54, 1.807) is 26.2 Å². The molecule has 0 heterocycles. The number of carbonyl (C=O) groups excluding carboxylic acids is 2. The third kappa shape index (κ3) is 6.71. The fraction of sp³-hybridized carbons (Fsp3) is 0.150. The molecule has 0 saturated carbocycles. The molecule has 27 heavy (non-hydrogen) atoms. The molecule has 0 radical (unpaired) electrons. The molecule has 2 N–H and O–H groups in total. The summed E-state index contributed by atoms with van der Waals surface area (Å²) < 4.78 is 6.14. The van der Waals surface area contributed by atoms with E-state index in [9.17, 15) is 9.59 Å². The Morgan fingerprint density at radius 2 is 1.96 bits per heavy atom. The van der Waals surface area contributed by atoms with Crippen molar-refractivity contribution in [1.82, 2.24) is 10.7 Å². The molecular formula is C20H20BrN3O3. The first-order valence-corrected chi connectivity index (χ1v) is 8.97. The Morgan fingerprint density at radius 3 is 2.70 bits per heavy atom. The van der Waals surface area contributed by atoms with Crippen molar-refractivity contribution in [2.24, 2.45) is 5.10 Å². The number of hydrogen-bond acceptors (Lipinski definition) is 4. The summed E-state index contributed by atoms with van der Waals surface area (Å²) in [5, 5.41) is 6.55. The molecule has 6 nitrogen and oxygen atoms in total. The first-order chi connectivity index (χ1) is 13.0. The average molecular weight is 430 g/mol. The molecule has 0 aromatic heterocycles. The number of hydrazone groups is 1. The van der Waals surface area contributed by atoms with Gasteiger partial charge in [-0.1, -0.05) is 46.3 Å². The van der Waals surface area contributed by atoms with Crippen molar-refractivity contribution in [3.8, 4) is 5.75 Å². The van der Waals surface area contributed by atoms with Crippen LogP contribution in [0.1, 0.15) is 18.1 Å². The highest BCUT2D eigenvalue weighted by Crippen LogP contribution is 2.18. The third-order valence-corrected chi connectivity index (χ3v) is 4.06. The van der Waals surface area contributed by atoms with Gasteiger partial charge in [-0.15, -0.1) is 0 Å². The minimum atomic E-state index is -0.414. The van der Waals surface area contributed by atoms with Crippen LogP contribution in [0.2, 0.25) is 0 Å². The summed E-state index contributed by atoms with van der Waals surface area (Å²) in [4.78, 5) is 23.7. The molecular weight excluding hydrogens is 410 g/mol. The summed E-state index contributed by atoms with van der Waals surface area (Å²) >= 11 is 3.39. The Labute approximate surface area is 166 Å². The minimum Gasteiger partial charge on any atom is -0.496 e. The van der Waals surface area contributed by atoms with Crippen LogP contribution in [0.25, 0.3) is 6.08 Å². The number of methoxy groups -OCH3 is 1. The van der Waals surface area contributed by atoms with Crippen LogP contribution >= 0.6 is 15.9 Å². The predicted octanol–water partition coefficient (Wildman–Crippen LogP) is 3.13. The van der Waals surface area contributed by atoms with Gasteiger partial charge in [-0.05, 0) is 36.8 Å². The van der Waals surface area contributed by atoms with Gasteiger partial charge in [0.15, 0.2) is 0 Å². The highest BCUT2D eigenvalue weighted by atomic mass is 79.9. The zero-order valence-corrected chi connectivity index (χ0v) is 16.6. The van der Waals surface area contributed by atoms with Crippen LogP contribution < -0.4 is 15.5 Å². The lowest BCUT2D eigenvalue weighted by Crippen LogP contribution is -2.34. The van der Waals surface area contributed by atoms with Gasteiger partial charge in [-0.25, -0.2) is 5.43 Å². The van der Waals surface area contributed by atoms with Crippen molar-refractivity contribution >= 4 is 39.5 Å². The van der Waals surface area contributed by atoms with Gasteiger partial charge in [0.2, 0.25) is 5.91 Å². The van der Waals surface area contributed by atoms with Gasteiger partial charge in [0.25, 0.3) is 5.91 Å². The molecule has 0 spiro atoms. The van der Waals surface area contributed by atoms with Crippen LogP contribution in [0.5, 0.6) is 5.75 Å². The van der Waals surface area contributed by atoms with Gasteiger partial charge in [-0.2, -0.15) is 5.10 Å². The summed E-state index contributed by atoms with van der Waals surface area (Å²) in [7, 11) is 1.56. The average Bonchev–Trinajstić information content (AvgIpc) is 2.69. The number of carbonyl (C=O) groups is 2. The van der Waals surface area contributed by atoms with Crippen LogP contribution in [-0.2, 0) is 9.59 Å². The van der Waals surface area contributed by atoms with Crippen molar-refractivity contribution in [1.29, 1.82) is 0 Å². The fourth-order valence-electron chi connectivity index (χ4n) is 2.16. The maximum Gasteiger partial charge on any atom is 0.259 e. The van der Waals surface area contributed by atoms with Crippen molar-refractivity contribution < 1.29 is 14.3 Å². The molecule has 0 atom stereocenters. The number of nitrogens with one attached hydrogen (secondary N) is 2. The summed E-state index contributed by atoms with van der Waals surface area (Å²) in [5.74, 6) is -0.135. The van der Waals surface area contributed by atoms with Crippen LogP contribution in [-0.4, -0.2) is 31.2 Å². The van der Waals surface area contributed by atoms with Crippen molar-refractivity contribution in [2.45, 2.75) is 6.92 Å². The van der Waals surface area contributed by atoms with Gasteiger partial charge in [0.1, 0.15) is 5.75 Å². The Morgan fingerprint density at radius 1 is 1.19 bits per heavy atom. The summed E-state index contributed by atoms with van der Waals surface area (Å²) in [6.07, 6.45) is 2.97. The molecule has 0 saturated heterocycles. The number of para-hydroxylation sites is 1. The number of rotatable bonds is 7. The Kier molecular flexibility index (Phi) is 7.76. The van der Waals surface area contributed by atoms with Gasteiger partial charge in [0.05, 0.1) is 19.4 Å². The van der Waals surface area contributed by atoms with E-state index in [4.69, 9.17) is 4.74 Å².